The van der Waals surface area contributed by atoms with E-state index in [0.717, 1.165) is 10.2 Å². The van der Waals surface area contributed by atoms with E-state index in [9.17, 15) is 9.59 Å². The van der Waals surface area contributed by atoms with Crippen LogP contribution in [0.5, 0.6) is 0 Å². The summed E-state index contributed by atoms with van der Waals surface area (Å²) in [4.78, 5) is 29.1. The fourth-order valence-electron chi connectivity index (χ4n) is 2.75. The number of aromatic nitrogens is 1. The molecule has 0 unspecified atom stereocenters. The van der Waals surface area contributed by atoms with Crippen molar-refractivity contribution in [1.29, 1.82) is 0 Å². The van der Waals surface area contributed by atoms with Gasteiger partial charge in [-0.15, -0.1) is 0 Å². The molecule has 27 heavy (non-hydrogen) atoms. The molecule has 0 spiro atoms. The van der Waals surface area contributed by atoms with Crippen molar-refractivity contribution in [3.05, 3.63) is 64.0 Å². The SMILES string of the molecule is COC(=O)c1ccc2c(c1)sc(=NC(=O)c1ccc(C(C)(C)C)cc1)n2C. The number of amides is 1. The lowest BCUT2D eigenvalue weighted by molar-refractivity contribution is 0.0601. The highest BCUT2D eigenvalue weighted by Crippen LogP contribution is 2.22. The molecule has 3 rings (SSSR count). The molecular weight excluding hydrogens is 360 g/mol. The highest BCUT2D eigenvalue weighted by atomic mass is 32.1. The maximum Gasteiger partial charge on any atom is 0.337 e. The van der Waals surface area contributed by atoms with Crippen molar-refractivity contribution >= 4 is 33.4 Å². The van der Waals surface area contributed by atoms with Crippen LogP contribution in [0, 0.1) is 0 Å². The van der Waals surface area contributed by atoms with Crippen LogP contribution in [-0.4, -0.2) is 23.6 Å². The summed E-state index contributed by atoms with van der Waals surface area (Å²) in [5.41, 5.74) is 3.14. The molecule has 1 amide bonds. The molecule has 6 heteroatoms. The number of benzene rings is 2. The number of fused-ring (bicyclic) bond motifs is 1. The average molecular weight is 382 g/mol. The first-order valence-corrected chi connectivity index (χ1v) is 9.40. The Hall–Kier alpha value is -2.73. The fraction of sp³-hybridized carbons (Fsp3) is 0.286. The van der Waals surface area contributed by atoms with E-state index in [1.54, 1.807) is 12.1 Å². The third kappa shape index (κ3) is 3.85. The van der Waals surface area contributed by atoms with Crippen LogP contribution in [0.3, 0.4) is 0 Å². The molecule has 0 aliphatic rings. The summed E-state index contributed by atoms with van der Waals surface area (Å²) in [5.74, 6) is -0.674. The second-order valence-electron chi connectivity index (χ2n) is 7.36. The van der Waals surface area contributed by atoms with Gasteiger partial charge in [-0.2, -0.15) is 4.99 Å². The molecule has 1 heterocycles. The number of ether oxygens (including phenoxy) is 1. The van der Waals surface area contributed by atoms with Gasteiger partial charge in [-0.25, -0.2) is 4.79 Å². The highest BCUT2D eigenvalue weighted by molar-refractivity contribution is 7.16. The van der Waals surface area contributed by atoms with E-state index in [2.05, 4.69) is 25.8 Å². The van der Waals surface area contributed by atoms with Crippen LogP contribution >= 0.6 is 11.3 Å². The Labute approximate surface area is 161 Å². The summed E-state index contributed by atoms with van der Waals surface area (Å²) in [5, 5.41) is 0. The summed E-state index contributed by atoms with van der Waals surface area (Å²) in [6.45, 7) is 6.40. The molecule has 2 aromatic carbocycles. The molecule has 140 valence electrons. The number of methoxy groups -OCH3 is 1. The highest BCUT2D eigenvalue weighted by Gasteiger charge is 2.15. The minimum atomic E-state index is -0.388. The Morgan fingerprint density at radius 2 is 1.67 bits per heavy atom. The number of nitrogens with zero attached hydrogens (tertiary/aromatic N) is 2. The van der Waals surface area contributed by atoms with Gasteiger partial charge in [0.25, 0.3) is 5.91 Å². The van der Waals surface area contributed by atoms with Gasteiger partial charge >= 0.3 is 5.97 Å². The van der Waals surface area contributed by atoms with Gasteiger partial charge in [-0.3, -0.25) is 4.79 Å². The van der Waals surface area contributed by atoms with E-state index in [0.29, 0.717) is 15.9 Å². The van der Waals surface area contributed by atoms with Gasteiger partial charge in [-0.05, 0) is 41.3 Å². The molecule has 0 aliphatic carbocycles. The van der Waals surface area contributed by atoms with E-state index in [1.165, 1.54) is 24.0 Å². The first kappa shape index (κ1) is 19.0. The molecule has 0 aliphatic heterocycles. The van der Waals surface area contributed by atoms with E-state index in [1.807, 2.05) is 41.9 Å². The van der Waals surface area contributed by atoms with Crippen LogP contribution in [0.2, 0.25) is 0 Å². The monoisotopic (exact) mass is 382 g/mol. The topological polar surface area (TPSA) is 60.7 Å². The Morgan fingerprint density at radius 1 is 1.04 bits per heavy atom. The summed E-state index contributed by atoms with van der Waals surface area (Å²) >= 11 is 1.36. The maximum atomic E-state index is 12.6. The molecule has 0 radical (unpaired) electrons. The van der Waals surface area contributed by atoms with E-state index < -0.39 is 0 Å². The molecular formula is C21H22N2O3S. The second kappa shape index (κ2) is 7.12. The van der Waals surface area contributed by atoms with Crippen molar-refractivity contribution in [1.82, 2.24) is 4.57 Å². The lowest BCUT2D eigenvalue weighted by Gasteiger charge is -2.18. The van der Waals surface area contributed by atoms with Gasteiger partial charge in [-0.1, -0.05) is 44.2 Å². The predicted molar refractivity (Wildman–Crippen MR) is 107 cm³/mol. The quantitative estimate of drug-likeness (QED) is 0.628. The van der Waals surface area contributed by atoms with Crippen molar-refractivity contribution < 1.29 is 14.3 Å². The normalized spacial score (nSPS) is 12.4. The van der Waals surface area contributed by atoms with Gasteiger partial charge in [0.1, 0.15) is 0 Å². The lowest BCUT2D eigenvalue weighted by atomic mass is 9.87. The Kier molecular flexibility index (Phi) is 5.02. The number of aryl methyl sites for hydroxylation is 1. The number of hydrogen-bond acceptors (Lipinski definition) is 4. The molecule has 0 saturated carbocycles. The smallest absolute Gasteiger partial charge is 0.337 e. The van der Waals surface area contributed by atoms with Crippen LogP contribution in [0.25, 0.3) is 10.2 Å². The first-order chi connectivity index (χ1) is 12.7. The molecule has 1 aromatic heterocycles. The maximum absolute atomic E-state index is 12.6. The fourth-order valence-corrected chi connectivity index (χ4v) is 3.81. The zero-order valence-corrected chi connectivity index (χ0v) is 16.9. The van der Waals surface area contributed by atoms with Gasteiger partial charge in [0.2, 0.25) is 0 Å². The summed E-state index contributed by atoms with van der Waals surface area (Å²) in [6, 6.07) is 12.9. The van der Waals surface area contributed by atoms with Crippen LogP contribution in [0.4, 0.5) is 0 Å². The Balaban J connectivity index is 1.98. The van der Waals surface area contributed by atoms with Gasteiger partial charge < -0.3 is 9.30 Å². The van der Waals surface area contributed by atoms with Crippen molar-refractivity contribution in [2.45, 2.75) is 26.2 Å². The molecule has 5 nitrogen and oxygen atoms in total. The van der Waals surface area contributed by atoms with Crippen LogP contribution in [-0.2, 0) is 17.2 Å². The second-order valence-corrected chi connectivity index (χ2v) is 8.37. The number of hydrogen-bond donors (Lipinski definition) is 0. The predicted octanol–water partition coefficient (Wildman–Crippen LogP) is 4.07. The zero-order chi connectivity index (χ0) is 19.8. The van der Waals surface area contributed by atoms with Gasteiger partial charge in [0.05, 0.1) is 22.9 Å². The summed E-state index contributed by atoms with van der Waals surface area (Å²) in [6.07, 6.45) is 0. The molecule has 3 aromatic rings. The Bertz CT molecular complexity index is 1080. The lowest BCUT2D eigenvalue weighted by Crippen LogP contribution is -2.14. The van der Waals surface area contributed by atoms with E-state index >= 15 is 0 Å². The first-order valence-electron chi connectivity index (χ1n) is 8.58. The van der Waals surface area contributed by atoms with Crippen LogP contribution in [0.1, 0.15) is 47.1 Å². The molecule has 0 fully saturated rings. The summed E-state index contributed by atoms with van der Waals surface area (Å²) < 4.78 is 7.48. The van der Waals surface area contributed by atoms with E-state index in [-0.39, 0.29) is 17.3 Å². The summed E-state index contributed by atoms with van der Waals surface area (Å²) in [7, 11) is 3.21. The van der Waals surface area contributed by atoms with Gasteiger partial charge in [0, 0.05) is 12.6 Å². The third-order valence-electron chi connectivity index (χ3n) is 4.43. The molecule has 0 N–H and O–H groups in total. The number of esters is 1. The third-order valence-corrected chi connectivity index (χ3v) is 5.52. The molecule has 0 bridgehead atoms. The van der Waals surface area contributed by atoms with Crippen molar-refractivity contribution in [2.75, 3.05) is 7.11 Å². The number of rotatable bonds is 2. The van der Waals surface area contributed by atoms with Crippen molar-refractivity contribution in [2.24, 2.45) is 12.0 Å². The van der Waals surface area contributed by atoms with Crippen molar-refractivity contribution in [3.63, 3.8) is 0 Å². The molecule has 0 saturated heterocycles. The molecule has 0 atom stereocenters. The van der Waals surface area contributed by atoms with Gasteiger partial charge in [0.15, 0.2) is 4.80 Å². The minimum Gasteiger partial charge on any atom is -0.465 e. The minimum absolute atomic E-state index is 0.0357. The Morgan fingerprint density at radius 3 is 2.26 bits per heavy atom. The number of carbonyl (C=O) groups excluding carboxylic acids is 2. The number of thiazole rings is 1. The van der Waals surface area contributed by atoms with Crippen LogP contribution < -0.4 is 4.80 Å². The zero-order valence-electron chi connectivity index (χ0n) is 16.1. The van der Waals surface area contributed by atoms with E-state index in [4.69, 9.17) is 4.74 Å². The van der Waals surface area contributed by atoms with Crippen molar-refractivity contribution in [3.8, 4) is 0 Å². The average Bonchev–Trinajstić information content (AvgIpc) is 2.95. The van der Waals surface area contributed by atoms with Crippen LogP contribution in [0.15, 0.2) is 47.5 Å². The standard InChI is InChI=1S/C21H22N2O3S/c1-21(2,3)15-9-6-13(7-10-15)18(24)22-20-23(4)16-11-8-14(19(25)26-5)12-17(16)27-20/h6-12H,1-5H3. The largest absolute Gasteiger partial charge is 0.465 e. The number of carbonyl (C=O) groups is 2.